The maximum absolute atomic E-state index is 12.1. The van der Waals surface area contributed by atoms with Crippen LogP contribution in [-0.2, 0) is 27.3 Å². The van der Waals surface area contributed by atoms with Gasteiger partial charge in [0, 0.05) is 18.7 Å². The zero-order valence-corrected chi connectivity index (χ0v) is 13.5. The van der Waals surface area contributed by atoms with Crippen LogP contribution in [0.15, 0.2) is 41.4 Å². The summed E-state index contributed by atoms with van der Waals surface area (Å²) in [5, 5.41) is 7.99. The van der Waals surface area contributed by atoms with Gasteiger partial charge in [0.15, 0.2) is 0 Å². The molecular weight excluding hydrogens is 314 g/mol. The van der Waals surface area contributed by atoms with Crippen LogP contribution in [0.4, 0.5) is 0 Å². The molecule has 2 atom stereocenters. The minimum atomic E-state index is -3.69. The number of aromatic nitrogens is 2. The van der Waals surface area contributed by atoms with Crippen molar-refractivity contribution in [1.82, 2.24) is 15.1 Å². The van der Waals surface area contributed by atoms with Crippen LogP contribution in [0.5, 0.6) is 0 Å². The van der Waals surface area contributed by atoms with Crippen LogP contribution in [0.3, 0.4) is 0 Å². The highest BCUT2D eigenvalue weighted by molar-refractivity contribution is 7.86. The second kappa shape index (κ2) is 5.74. The lowest BCUT2D eigenvalue weighted by molar-refractivity contribution is 0.293. The molecule has 2 aromatic rings. The van der Waals surface area contributed by atoms with E-state index in [1.165, 1.54) is 17.7 Å². The van der Waals surface area contributed by atoms with E-state index in [9.17, 15) is 8.42 Å². The van der Waals surface area contributed by atoms with Gasteiger partial charge in [-0.1, -0.05) is 18.2 Å². The molecule has 0 spiro atoms. The van der Waals surface area contributed by atoms with Crippen molar-refractivity contribution in [1.29, 1.82) is 0 Å². The quantitative estimate of drug-likeness (QED) is 0.831. The van der Waals surface area contributed by atoms with Crippen molar-refractivity contribution in [3.63, 3.8) is 0 Å². The molecule has 1 aromatic heterocycles. The first-order valence-electron chi connectivity index (χ1n) is 7.85. The van der Waals surface area contributed by atoms with Gasteiger partial charge in [0.05, 0.1) is 23.7 Å². The van der Waals surface area contributed by atoms with E-state index in [-0.39, 0.29) is 11.5 Å². The number of fused-ring (bicyclic) bond motifs is 3. The molecule has 1 N–H and O–H groups in total. The molecular formula is C16H19N3O3S. The zero-order valence-electron chi connectivity index (χ0n) is 12.7. The third-order valence-corrected chi connectivity index (χ3v) is 5.98. The van der Waals surface area contributed by atoms with E-state index in [0.29, 0.717) is 18.4 Å². The van der Waals surface area contributed by atoms with Crippen LogP contribution in [0, 0.1) is 5.92 Å². The molecule has 1 aliphatic heterocycles. The van der Waals surface area contributed by atoms with Crippen LogP contribution >= 0.6 is 0 Å². The molecule has 2 unspecified atom stereocenters. The van der Waals surface area contributed by atoms with Crippen molar-refractivity contribution >= 4 is 10.1 Å². The van der Waals surface area contributed by atoms with Gasteiger partial charge >= 0.3 is 0 Å². The molecule has 1 aromatic carbocycles. The smallest absolute Gasteiger partial charge is 0.297 e. The van der Waals surface area contributed by atoms with Gasteiger partial charge in [-0.2, -0.15) is 13.5 Å². The predicted molar refractivity (Wildman–Crippen MR) is 84.6 cm³/mol. The third-order valence-electron chi connectivity index (χ3n) is 4.66. The molecule has 0 amide bonds. The molecule has 1 aliphatic carbocycles. The minimum absolute atomic E-state index is 0.0874. The summed E-state index contributed by atoms with van der Waals surface area (Å²) >= 11 is 0. The Balaban J connectivity index is 1.38. The van der Waals surface area contributed by atoms with E-state index in [1.54, 1.807) is 22.9 Å². The van der Waals surface area contributed by atoms with Crippen LogP contribution < -0.4 is 5.32 Å². The normalized spacial score (nSPS) is 23.0. The van der Waals surface area contributed by atoms with Crippen molar-refractivity contribution in [3.8, 4) is 0 Å². The molecule has 1 fully saturated rings. The molecule has 0 bridgehead atoms. The highest BCUT2D eigenvalue weighted by atomic mass is 32.2. The summed E-state index contributed by atoms with van der Waals surface area (Å²) in [4.78, 5) is 0.183. The average Bonchev–Trinajstić information content (AvgIpc) is 3.20. The van der Waals surface area contributed by atoms with E-state index >= 15 is 0 Å². The van der Waals surface area contributed by atoms with Crippen LogP contribution in [0.2, 0.25) is 0 Å². The average molecular weight is 333 g/mol. The van der Waals surface area contributed by atoms with Crippen LogP contribution in [-0.4, -0.2) is 37.9 Å². The van der Waals surface area contributed by atoms with E-state index in [2.05, 4.69) is 10.4 Å². The summed E-state index contributed by atoms with van der Waals surface area (Å²) in [5.74, 6) is 1.24. The van der Waals surface area contributed by atoms with E-state index in [0.717, 1.165) is 25.2 Å². The fraction of sp³-hybridized carbons (Fsp3) is 0.438. The molecule has 7 heteroatoms. The fourth-order valence-electron chi connectivity index (χ4n) is 3.52. The lowest BCUT2D eigenvalue weighted by Gasteiger charge is -2.08. The number of nitrogens with one attached hydrogen (secondary N) is 1. The van der Waals surface area contributed by atoms with Gasteiger partial charge in [-0.15, -0.1) is 0 Å². The zero-order chi connectivity index (χ0) is 15.9. The Bertz CT molecular complexity index is 801. The third kappa shape index (κ3) is 2.80. The lowest BCUT2D eigenvalue weighted by Crippen LogP contribution is -2.13. The largest absolute Gasteiger partial charge is 0.316 e. The van der Waals surface area contributed by atoms with Crippen molar-refractivity contribution in [2.75, 3.05) is 19.7 Å². The summed E-state index contributed by atoms with van der Waals surface area (Å²) in [6.45, 7) is 2.61. The number of benzene rings is 1. The Morgan fingerprint density at radius 2 is 2.09 bits per heavy atom. The Morgan fingerprint density at radius 3 is 2.91 bits per heavy atom. The SMILES string of the molecule is O=S(=O)(OCCn1cc2c(n1)CC1CNCC21)c1ccccc1. The summed E-state index contributed by atoms with van der Waals surface area (Å²) in [6.07, 6.45) is 3.06. The molecule has 23 heavy (non-hydrogen) atoms. The Hall–Kier alpha value is -1.70. The summed E-state index contributed by atoms with van der Waals surface area (Å²) in [7, 11) is -3.69. The first-order chi connectivity index (χ1) is 11.1. The number of rotatable bonds is 5. The maximum atomic E-state index is 12.1. The van der Waals surface area contributed by atoms with E-state index < -0.39 is 10.1 Å². The molecule has 2 heterocycles. The maximum Gasteiger partial charge on any atom is 0.297 e. The van der Waals surface area contributed by atoms with E-state index in [4.69, 9.17) is 4.18 Å². The molecule has 0 saturated carbocycles. The minimum Gasteiger partial charge on any atom is -0.316 e. The monoisotopic (exact) mass is 333 g/mol. The van der Waals surface area contributed by atoms with Crippen LogP contribution in [0.1, 0.15) is 17.2 Å². The second-order valence-corrected chi connectivity index (χ2v) is 7.73. The Morgan fingerprint density at radius 1 is 1.26 bits per heavy atom. The highest BCUT2D eigenvalue weighted by Gasteiger charge is 2.38. The highest BCUT2D eigenvalue weighted by Crippen LogP contribution is 2.39. The summed E-state index contributed by atoms with van der Waals surface area (Å²) < 4.78 is 31.0. The van der Waals surface area contributed by atoms with Gasteiger partial charge < -0.3 is 5.32 Å². The molecule has 6 nitrogen and oxygen atoms in total. The molecule has 4 rings (SSSR count). The van der Waals surface area contributed by atoms with Gasteiger partial charge in [-0.05, 0) is 36.6 Å². The van der Waals surface area contributed by atoms with Gasteiger partial charge in [0.25, 0.3) is 10.1 Å². The molecule has 1 saturated heterocycles. The fourth-order valence-corrected chi connectivity index (χ4v) is 4.44. The Labute approximate surface area is 135 Å². The van der Waals surface area contributed by atoms with Gasteiger partial charge in [0.1, 0.15) is 0 Å². The predicted octanol–water partition coefficient (Wildman–Crippen LogP) is 1.15. The number of hydrogen-bond donors (Lipinski definition) is 1. The standard InChI is InChI=1S/C16H19N3O3S/c20-23(21,13-4-2-1-3-5-13)22-7-6-19-11-15-14-10-17-9-12(14)8-16(15)18-19/h1-5,11-12,14,17H,6-10H2. The van der Waals surface area contributed by atoms with Crippen molar-refractivity contribution < 1.29 is 12.6 Å². The molecule has 2 aliphatic rings. The Kier molecular flexibility index (Phi) is 3.71. The molecule has 122 valence electrons. The van der Waals surface area contributed by atoms with Crippen molar-refractivity contribution in [3.05, 3.63) is 47.8 Å². The van der Waals surface area contributed by atoms with Crippen LogP contribution in [0.25, 0.3) is 0 Å². The van der Waals surface area contributed by atoms with Crippen molar-refractivity contribution in [2.45, 2.75) is 23.8 Å². The second-order valence-electron chi connectivity index (χ2n) is 6.11. The topological polar surface area (TPSA) is 73.2 Å². The van der Waals surface area contributed by atoms with Gasteiger partial charge in [0.2, 0.25) is 0 Å². The number of nitrogens with zero attached hydrogens (tertiary/aromatic N) is 2. The molecule has 0 radical (unpaired) electrons. The summed E-state index contributed by atoms with van der Waals surface area (Å²) in [6, 6.07) is 8.20. The van der Waals surface area contributed by atoms with Gasteiger partial charge in [-0.25, -0.2) is 0 Å². The first-order valence-corrected chi connectivity index (χ1v) is 9.26. The lowest BCUT2D eigenvalue weighted by atomic mass is 9.98. The number of hydrogen-bond acceptors (Lipinski definition) is 5. The van der Waals surface area contributed by atoms with Crippen molar-refractivity contribution in [2.24, 2.45) is 5.92 Å². The first kappa shape index (κ1) is 14.9. The van der Waals surface area contributed by atoms with Gasteiger partial charge in [-0.3, -0.25) is 8.86 Å². The van der Waals surface area contributed by atoms with E-state index in [1.807, 2.05) is 6.20 Å². The summed E-state index contributed by atoms with van der Waals surface area (Å²) in [5.41, 5.74) is 2.47.